The summed E-state index contributed by atoms with van der Waals surface area (Å²) in [6, 6.07) is 0. The highest BCUT2D eigenvalue weighted by atomic mass is 32.1. The number of H-pyrrole nitrogens is 3. The lowest BCUT2D eigenvalue weighted by molar-refractivity contribution is 0.379. The fraction of sp³-hybridized carbons (Fsp3) is 0.600. The highest BCUT2D eigenvalue weighted by molar-refractivity contribution is 7.02. The molecule has 26 heavy (non-hydrogen) atoms. The average Bonchev–Trinajstić information content (AvgIpc) is 3.28. The van der Waals surface area contributed by atoms with Gasteiger partial charge in [0.25, 0.3) is 0 Å². The van der Waals surface area contributed by atoms with E-state index in [-0.39, 0.29) is 10.8 Å². The molecule has 0 aliphatic heterocycles. The molecular formula is C15H25N7O3S. The molecule has 0 radical (unpaired) electrons. The average molecular weight is 383 g/mol. The van der Waals surface area contributed by atoms with Gasteiger partial charge in [-0.05, 0) is 0 Å². The van der Waals surface area contributed by atoms with Crippen LogP contribution in [0.2, 0.25) is 0 Å². The van der Waals surface area contributed by atoms with Crippen molar-refractivity contribution < 1.29 is 4.52 Å². The maximum Gasteiger partial charge on any atom is 0.438 e. The first-order valence-electron chi connectivity index (χ1n) is 8.17. The predicted octanol–water partition coefficient (Wildman–Crippen LogP) is 2.37. The maximum absolute atomic E-state index is 10.5. The molecular weight excluding hydrogens is 358 g/mol. The summed E-state index contributed by atoms with van der Waals surface area (Å²) >= 11 is 0.972. The van der Waals surface area contributed by atoms with Gasteiger partial charge in [-0.1, -0.05) is 46.7 Å². The molecule has 0 amide bonds. The smallest absolute Gasteiger partial charge is 0.299 e. The minimum Gasteiger partial charge on any atom is -0.299 e. The van der Waals surface area contributed by atoms with Crippen LogP contribution in [0, 0.1) is 0 Å². The van der Waals surface area contributed by atoms with E-state index < -0.39 is 5.76 Å². The van der Waals surface area contributed by atoms with E-state index in [1.54, 1.807) is 0 Å². The fourth-order valence-corrected chi connectivity index (χ4v) is 2.06. The quantitative estimate of drug-likeness (QED) is 0.629. The van der Waals surface area contributed by atoms with E-state index in [1.165, 1.54) is 6.33 Å². The molecule has 0 bridgehead atoms. The van der Waals surface area contributed by atoms with Gasteiger partial charge in [-0.3, -0.25) is 24.4 Å². The van der Waals surface area contributed by atoms with Crippen LogP contribution in [0.1, 0.15) is 76.8 Å². The van der Waals surface area contributed by atoms with Gasteiger partial charge in [0.2, 0.25) is 0 Å². The van der Waals surface area contributed by atoms with Crippen molar-refractivity contribution in [3.8, 4) is 0 Å². The van der Waals surface area contributed by atoms with E-state index in [1.807, 2.05) is 27.7 Å². The van der Waals surface area contributed by atoms with Crippen molar-refractivity contribution in [2.24, 2.45) is 0 Å². The molecule has 3 N–H and O–H groups in total. The van der Waals surface area contributed by atoms with Crippen molar-refractivity contribution in [2.45, 2.75) is 59.3 Å². The SMILES string of the molecule is CC(C)c1ncn[nH]1.CC(C)c1noc(=O)[nH]1.CC(C)c1nsc(=O)[nH]1. The Balaban J connectivity index is 0.000000195. The van der Waals surface area contributed by atoms with E-state index in [9.17, 15) is 9.59 Å². The lowest BCUT2D eigenvalue weighted by Gasteiger charge is -1.93. The zero-order valence-electron chi connectivity index (χ0n) is 15.7. The zero-order chi connectivity index (χ0) is 19.7. The van der Waals surface area contributed by atoms with Gasteiger partial charge in [0.1, 0.15) is 18.0 Å². The van der Waals surface area contributed by atoms with Crippen molar-refractivity contribution in [3.63, 3.8) is 0 Å². The van der Waals surface area contributed by atoms with Crippen molar-refractivity contribution >= 4 is 11.5 Å². The van der Waals surface area contributed by atoms with Crippen LogP contribution < -0.4 is 10.6 Å². The van der Waals surface area contributed by atoms with Gasteiger partial charge >= 0.3 is 10.6 Å². The summed E-state index contributed by atoms with van der Waals surface area (Å²) in [7, 11) is 0. The number of aromatic nitrogens is 7. The lowest BCUT2D eigenvalue weighted by atomic mass is 10.2. The van der Waals surface area contributed by atoms with Crippen molar-refractivity contribution in [3.05, 3.63) is 44.0 Å². The third kappa shape index (κ3) is 7.55. The Morgan fingerprint density at radius 1 is 0.923 bits per heavy atom. The van der Waals surface area contributed by atoms with Gasteiger partial charge in [-0.2, -0.15) is 9.47 Å². The normalized spacial score (nSPS) is 10.5. The minimum atomic E-state index is -0.487. The van der Waals surface area contributed by atoms with E-state index in [4.69, 9.17) is 0 Å². The molecule has 0 unspecified atom stereocenters. The van der Waals surface area contributed by atoms with Crippen LogP contribution in [0.4, 0.5) is 0 Å². The Bertz CT molecular complexity index is 791. The third-order valence-corrected chi connectivity index (χ3v) is 3.54. The molecule has 0 spiro atoms. The predicted molar refractivity (Wildman–Crippen MR) is 98.5 cm³/mol. The number of nitrogens with one attached hydrogen (secondary N) is 3. The van der Waals surface area contributed by atoms with Crippen molar-refractivity contribution in [2.75, 3.05) is 0 Å². The molecule has 0 aliphatic carbocycles. The van der Waals surface area contributed by atoms with Crippen LogP contribution in [-0.2, 0) is 0 Å². The van der Waals surface area contributed by atoms with Gasteiger partial charge < -0.3 is 0 Å². The summed E-state index contributed by atoms with van der Waals surface area (Å²) in [4.78, 5) is 29.8. The molecule has 11 heteroatoms. The lowest BCUT2D eigenvalue weighted by Crippen LogP contribution is -1.97. The second kappa shape index (κ2) is 10.4. The minimum absolute atomic E-state index is 0.0706. The highest BCUT2D eigenvalue weighted by Crippen LogP contribution is 2.06. The van der Waals surface area contributed by atoms with Gasteiger partial charge in [0.05, 0.1) is 0 Å². The highest BCUT2D eigenvalue weighted by Gasteiger charge is 2.03. The number of hydrogen-bond acceptors (Lipinski definition) is 8. The second-order valence-corrected chi connectivity index (χ2v) is 7.03. The van der Waals surface area contributed by atoms with Gasteiger partial charge in [0.15, 0.2) is 5.82 Å². The van der Waals surface area contributed by atoms with Crippen LogP contribution in [0.15, 0.2) is 20.4 Å². The fourth-order valence-electron chi connectivity index (χ4n) is 1.47. The number of rotatable bonds is 3. The molecule has 0 saturated carbocycles. The van der Waals surface area contributed by atoms with E-state index in [2.05, 4.69) is 53.1 Å². The Kier molecular flexibility index (Phi) is 8.62. The Morgan fingerprint density at radius 2 is 1.54 bits per heavy atom. The maximum atomic E-state index is 10.5. The topological polar surface area (TPSA) is 146 Å². The first-order valence-corrected chi connectivity index (χ1v) is 8.95. The van der Waals surface area contributed by atoms with Crippen LogP contribution in [0.5, 0.6) is 0 Å². The molecule has 0 saturated heterocycles. The first kappa shape index (κ1) is 21.5. The van der Waals surface area contributed by atoms with E-state index in [0.29, 0.717) is 17.7 Å². The molecule has 10 nitrogen and oxygen atoms in total. The molecule has 144 valence electrons. The Morgan fingerprint density at radius 3 is 1.77 bits per heavy atom. The van der Waals surface area contributed by atoms with Crippen LogP contribution in [0.25, 0.3) is 0 Å². The Labute approximate surface area is 154 Å². The molecule has 3 aromatic heterocycles. The first-order chi connectivity index (χ1) is 12.2. The number of hydrogen-bond donors (Lipinski definition) is 3. The van der Waals surface area contributed by atoms with Crippen LogP contribution in [0.3, 0.4) is 0 Å². The summed E-state index contributed by atoms with van der Waals surface area (Å²) in [5, 5.41) is 9.96. The summed E-state index contributed by atoms with van der Waals surface area (Å²) in [5.41, 5.74) is 0. The molecule has 0 aliphatic rings. The molecule has 0 aromatic carbocycles. The molecule has 0 fully saturated rings. The van der Waals surface area contributed by atoms with Gasteiger partial charge in [0, 0.05) is 29.3 Å². The van der Waals surface area contributed by atoms with Crippen LogP contribution in [-0.4, -0.2) is 34.7 Å². The van der Waals surface area contributed by atoms with E-state index >= 15 is 0 Å². The summed E-state index contributed by atoms with van der Waals surface area (Å²) < 4.78 is 8.15. The molecule has 0 atom stereocenters. The number of nitrogens with zero attached hydrogens (tertiary/aromatic N) is 4. The second-order valence-electron chi connectivity index (χ2n) is 6.30. The monoisotopic (exact) mass is 383 g/mol. The summed E-state index contributed by atoms with van der Waals surface area (Å²) in [6.07, 6.45) is 1.52. The van der Waals surface area contributed by atoms with Crippen molar-refractivity contribution in [1.29, 1.82) is 0 Å². The largest absolute Gasteiger partial charge is 0.438 e. The molecule has 3 rings (SSSR count). The number of aromatic amines is 3. The summed E-state index contributed by atoms with van der Waals surface area (Å²) in [6.45, 7) is 12.0. The standard InChI is InChI=1S/C5H9N3.C5H8N2O2.C5H8N2OS/c1-4(2)5-6-3-7-8-5;2*1-3(2)4-6-5(8)9-7-4/h3-4H,1-2H3,(H,6,7,8);2*3H,1-2H3,(H,6,7,8). The Hall–Kier alpha value is -2.56. The van der Waals surface area contributed by atoms with Gasteiger partial charge in [-0.15, -0.1) is 0 Å². The van der Waals surface area contributed by atoms with Crippen LogP contribution >= 0.6 is 11.5 Å². The summed E-state index contributed by atoms with van der Waals surface area (Å²) in [5.74, 6) is 2.84. The van der Waals surface area contributed by atoms with Crippen molar-refractivity contribution in [1.82, 2.24) is 34.7 Å². The zero-order valence-corrected chi connectivity index (χ0v) is 16.5. The molecule has 3 aromatic rings. The molecule has 3 heterocycles. The van der Waals surface area contributed by atoms with E-state index in [0.717, 1.165) is 23.2 Å². The third-order valence-electron chi connectivity index (χ3n) is 2.99. The van der Waals surface area contributed by atoms with Gasteiger partial charge in [-0.25, -0.2) is 9.78 Å².